The highest BCUT2D eigenvalue weighted by molar-refractivity contribution is 6.07. The summed E-state index contributed by atoms with van der Waals surface area (Å²) in [6.07, 6.45) is 0. The Balaban J connectivity index is 1.41. The average molecular weight is 551 g/mol. The number of hydrogen-bond acceptors (Lipinski definition) is 5. The Morgan fingerprint density at radius 1 is 0.732 bits per heavy atom. The van der Waals surface area contributed by atoms with Crippen LogP contribution in [0.4, 0.5) is 11.4 Å². The number of aryl methyl sites for hydroxylation is 1. The number of anilines is 2. The maximum absolute atomic E-state index is 13.3. The van der Waals surface area contributed by atoms with Gasteiger partial charge in [0, 0.05) is 49.7 Å². The first-order valence-corrected chi connectivity index (χ1v) is 13.3. The number of benzene rings is 4. The maximum atomic E-state index is 13.3. The van der Waals surface area contributed by atoms with Crippen molar-refractivity contribution in [2.24, 2.45) is 0 Å². The number of rotatable bonds is 10. The van der Waals surface area contributed by atoms with Crippen LogP contribution in [0.5, 0.6) is 5.75 Å². The summed E-state index contributed by atoms with van der Waals surface area (Å²) in [5.41, 5.74) is 5.60. The molecular formula is C33H34N4O4. The smallest absolute Gasteiger partial charge is 0.259 e. The minimum Gasteiger partial charge on any atom is -0.496 e. The molecule has 3 amide bonds. The van der Waals surface area contributed by atoms with Gasteiger partial charge in [0.25, 0.3) is 17.7 Å². The highest BCUT2D eigenvalue weighted by Crippen LogP contribution is 2.28. The zero-order chi connectivity index (χ0) is 29.4. The van der Waals surface area contributed by atoms with Crippen LogP contribution >= 0.6 is 0 Å². The third kappa shape index (κ3) is 7.51. The minimum absolute atomic E-state index is 0.0968. The van der Waals surface area contributed by atoms with Crippen LogP contribution in [-0.4, -0.2) is 56.9 Å². The highest BCUT2D eigenvalue weighted by Gasteiger charge is 2.16. The Hall–Kier alpha value is -5.11. The molecule has 0 aliphatic rings. The molecule has 4 rings (SSSR count). The van der Waals surface area contributed by atoms with Crippen LogP contribution in [0.2, 0.25) is 0 Å². The zero-order valence-corrected chi connectivity index (χ0v) is 23.7. The summed E-state index contributed by atoms with van der Waals surface area (Å²) in [4.78, 5) is 39.6. The van der Waals surface area contributed by atoms with E-state index in [0.29, 0.717) is 41.2 Å². The molecule has 0 spiro atoms. The van der Waals surface area contributed by atoms with Gasteiger partial charge in [-0.2, -0.15) is 0 Å². The Morgan fingerprint density at radius 2 is 1.44 bits per heavy atom. The van der Waals surface area contributed by atoms with Gasteiger partial charge in [0.05, 0.1) is 12.7 Å². The summed E-state index contributed by atoms with van der Waals surface area (Å²) in [5, 5.41) is 9.12. The van der Waals surface area contributed by atoms with Gasteiger partial charge in [-0.25, -0.2) is 0 Å². The summed E-state index contributed by atoms with van der Waals surface area (Å²) in [6.45, 7) is 2.90. The molecule has 0 atom stereocenters. The molecule has 0 aromatic heterocycles. The molecule has 210 valence electrons. The fourth-order valence-corrected chi connectivity index (χ4v) is 4.33. The van der Waals surface area contributed by atoms with Gasteiger partial charge in [0.1, 0.15) is 5.75 Å². The minimum atomic E-state index is -0.327. The largest absolute Gasteiger partial charge is 0.496 e. The molecule has 0 fully saturated rings. The molecular weight excluding hydrogens is 516 g/mol. The Morgan fingerprint density at radius 3 is 2.20 bits per heavy atom. The standard InChI is InChI=1S/C33H34N4O4/c1-22-8-5-10-25(18-22)31(38)35-17-16-34-27-12-7-13-28(21-27)36-32(39)29-20-24(14-15-30(29)41-4)23-9-6-11-26(19-23)33(40)37(2)3/h5-15,18-21,34H,16-17H2,1-4H3,(H,35,38)(H,36,39). The molecule has 4 aromatic rings. The molecule has 0 saturated heterocycles. The number of ether oxygens (including phenoxy) is 1. The number of nitrogens with zero attached hydrogens (tertiary/aromatic N) is 1. The first-order chi connectivity index (χ1) is 19.7. The molecule has 3 N–H and O–H groups in total. The van der Waals surface area contributed by atoms with Crippen LogP contribution in [0.3, 0.4) is 0 Å². The SMILES string of the molecule is COc1ccc(-c2cccc(C(=O)N(C)C)c2)cc1C(=O)Nc1cccc(NCCNC(=O)c2cccc(C)c2)c1. The molecule has 0 aliphatic carbocycles. The lowest BCUT2D eigenvalue weighted by Crippen LogP contribution is -2.28. The normalized spacial score (nSPS) is 10.4. The molecule has 0 aliphatic heterocycles. The van der Waals surface area contributed by atoms with Crippen LogP contribution < -0.4 is 20.7 Å². The summed E-state index contributed by atoms with van der Waals surface area (Å²) >= 11 is 0. The monoisotopic (exact) mass is 550 g/mol. The number of nitrogens with one attached hydrogen (secondary N) is 3. The van der Waals surface area contributed by atoms with E-state index >= 15 is 0 Å². The fourth-order valence-electron chi connectivity index (χ4n) is 4.33. The summed E-state index contributed by atoms with van der Waals surface area (Å²) in [5.74, 6) is -0.110. The van der Waals surface area contributed by atoms with Crippen molar-refractivity contribution in [3.63, 3.8) is 0 Å². The molecule has 41 heavy (non-hydrogen) atoms. The van der Waals surface area contributed by atoms with Gasteiger partial charge in [-0.3, -0.25) is 14.4 Å². The first kappa shape index (κ1) is 28.9. The molecule has 0 heterocycles. The van der Waals surface area contributed by atoms with Gasteiger partial charge in [-0.05, 0) is 72.6 Å². The van der Waals surface area contributed by atoms with Gasteiger partial charge in [0.15, 0.2) is 0 Å². The first-order valence-electron chi connectivity index (χ1n) is 13.3. The van der Waals surface area contributed by atoms with Crippen LogP contribution in [-0.2, 0) is 0 Å². The topological polar surface area (TPSA) is 99.8 Å². The summed E-state index contributed by atoms with van der Waals surface area (Å²) in [7, 11) is 4.93. The van der Waals surface area contributed by atoms with E-state index < -0.39 is 0 Å². The zero-order valence-electron chi connectivity index (χ0n) is 23.7. The Labute approximate surface area is 240 Å². The van der Waals surface area contributed by atoms with E-state index in [2.05, 4.69) is 16.0 Å². The lowest BCUT2D eigenvalue weighted by Gasteiger charge is -2.14. The van der Waals surface area contributed by atoms with Crippen molar-refractivity contribution in [3.05, 3.63) is 113 Å². The Kier molecular flexibility index (Phi) is 9.37. The van der Waals surface area contributed by atoms with E-state index in [9.17, 15) is 14.4 Å². The number of carbonyl (C=O) groups is 3. The Bertz CT molecular complexity index is 1560. The second-order valence-corrected chi connectivity index (χ2v) is 9.78. The third-order valence-electron chi connectivity index (χ3n) is 6.43. The van der Waals surface area contributed by atoms with Crippen molar-refractivity contribution in [1.82, 2.24) is 10.2 Å². The van der Waals surface area contributed by atoms with Crippen LogP contribution in [0.1, 0.15) is 36.6 Å². The van der Waals surface area contributed by atoms with E-state index in [1.807, 2.05) is 67.6 Å². The quantitative estimate of drug-likeness (QED) is 0.228. The van der Waals surface area contributed by atoms with Crippen LogP contribution in [0.15, 0.2) is 91.0 Å². The van der Waals surface area contributed by atoms with Crippen LogP contribution in [0.25, 0.3) is 11.1 Å². The predicted octanol–water partition coefficient (Wildman–Crippen LogP) is 5.47. The van der Waals surface area contributed by atoms with Crippen molar-refractivity contribution in [2.75, 3.05) is 44.9 Å². The van der Waals surface area contributed by atoms with Crippen LogP contribution in [0, 0.1) is 6.92 Å². The van der Waals surface area contributed by atoms with Gasteiger partial charge in [-0.15, -0.1) is 0 Å². The van der Waals surface area contributed by atoms with Gasteiger partial charge in [-0.1, -0.05) is 42.0 Å². The average Bonchev–Trinajstić information content (AvgIpc) is 2.98. The van der Waals surface area contributed by atoms with E-state index in [4.69, 9.17) is 4.74 Å². The van der Waals surface area contributed by atoms with E-state index in [0.717, 1.165) is 22.4 Å². The molecule has 0 saturated carbocycles. The highest BCUT2D eigenvalue weighted by atomic mass is 16.5. The lowest BCUT2D eigenvalue weighted by atomic mass is 9.99. The van der Waals surface area contributed by atoms with Crippen molar-refractivity contribution >= 4 is 29.1 Å². The summed E-state index contributed by atoms with van der Waals surface area (Å²) < 4.78 is 5.47. The predicted molar refractivity (Wildman–Crippen MR) is 163 cm³/mol. The number of carbonyl (C=O) groups excluding carboxylic acids is 3. The van der Waals surface area contributed by atoms with Crippen molar-refractivity contribution in [2.45, 2.75) is 6.92 Å². The second-order valence-electron chi connectivity index (χ2n) is 9.78. The van der Waals surface area contributed by atoms with Gasteiger partial charge in [0.2, 0.25) is 0 Å². The van der Waals surface area contributed by atoms with E-state index in [1.165, 1.54) is 12.0 Å². The maximum Gasteiger partial charge on any atom is 0.259 e. The summed E-state index contributed by atoms with van der Waals surface area (Å²) in [6, 6.07) is 27.5. The number of methoxy groups -OCH3 is 1. The van der Waals surface area contributed by atoms with Crippen molar-refractivity contribution in [1.29, 1.82) is 0 Å². The van der Waals surface area contributed by atoms with Crippen molar-refractivity contribution < 1.29 is 19.1 Å². The lowest BCUT2D eigenvalue weighted by molar-refractivity contribution is 0.0827. The molecule has 8 nitrogen and oxygen atoms in total. The van der Waals surface area contributed by atoms with Crippen molar-refractivity contribution in [3.8, 4) is 16.9 Å². The molecule has 0 radical (unpaired) electrons. The van der Waals surface area contributed by atoms with Gasteiger partial charge < -0.3 is 25.6 Å². The molecule has 4 aromatic carbocycles. The molecule has 8 heteroatoms. The second kappa shape index (κ2) is 13.3. The molecule has 0 unspecified atom stereocenters. The van der Waals surface area contributed by atoms with Gasteiger partial charge >= 0.3 is 0 Å². The number of amides is 3. The third-order valence-corrected chi connectivity index (χ3v) is 6.43. The van der Waals surface area contributed by atoms with E-state index in [1.54, 1.807) is 44.4 Å². The molecule has 0 bridgehead atoms. The number of hydrogen-bond donors (Lipinski definition) is 3. The van der Waals surface area contributed by atoms with E-state index in [-0.39, 0.29) is 17.7 Å². The fraction of sp³-hybridized carbons (Fsp3) is 0.182.